The first-order chi connectivity index (χ1) is 9.90. The van der Waals surface area contributed by atoms with Crippen molar-refractivity contribution in [2.24, 2.45) is 13.0 Å². The van der Waals surface area contributed by atoms with E-state index in [1.807, 2.05) is 24.7 Å². The van der Waals surface area contributed by atoms with Crippen LogP contribution in [0.4, 0.5) is 0 Å². The molecule has 0 saturated heterocycles. The van der Waals surface area contributed by atoms with Crippen molar-refractivity contribution in [3.8, 4) is 0 Å². The fourth-order valence-corrected chi connectivity index (χ4v) is 2.53. The van der Waals surface area contributed by atoms with Crippen molar-refractivity contribution in [2.45, 2.75) is 26.8 Å². The minimum absolute atomic E-state index is 0.106. The Balaban J connectivity index is 2.25. The van der Waals surface area contributed by atoms with Crippen molar-refractivity contribution in [2.75, 3.05) is 0 Å². The maximum absolute atomic E-state index is 12.5. The van der Waals surface area contributed by atoms with Crippen LogP contribution in [-0.4, -0.2) is 15.5 Å². The van der Waals surface area contributed by atoms with E-state index in [0.717, 1.165) is 11.4 Å². The summed E-state index contributed by atoms with van der Waals surface area (Å²) in [4.78, 5) is 16.9. The monoisotopic (exact) mass is 305 g/mol. The number of amides is 1. The molecule has 0 spiro atoms. The molecule has 4 nitrogen and oxygen atoms in total. The zero-order valence-electron chi connectivity index (χ0n) is 12.7. The van der Waals surface area contributed by atoms with Crippen molar-refractivity contribution in [1.29, 1.82) is 0 Å². The topological polar surface area (TPSA) is 46.9 Å². The zero-order valence-corrected chi connectivity index (χ0v) is 13.5. The van der Waals surface area contributed by atoms with Crippen LogP contribution in [0.2, 0.25) is 5.02 Å². The number of rotatable bonds is 4. The maximum atomic E-state index is 12.5. The number of imidazole rings is 1. The predicted octanol–water partition coefficient (Wildman–Crippen LogP) is 3.51. The van der Waals surface area contributed by atoms with E-state index in [4.69, 9.17) is 11.6 Å². The third-order valence-corrected chi connectivity index (χ3v) is 3.76. The second kappa shape index (κ2) is 6.31. The third-order valence-electron chi connectivity index (χ3n) is 3.52. The van der Waals surface area contributed by atoms with E-state index in [0.29, 0.717) is 10.6 Å². The van der Waals surface area contributed by atoms with Gasteiger partial charge in [0.05, 0.1) is 6.04 Å². The van der Waals surface area contributed by atoms with Crippen LogP contribution in [0.1, 0.15) is 41.6 Å². The van der Waals surface area contributed by atoms with Crippen molar-refractivity contribution in [3.63, 3.8) is 0 Å². The van der Waals surface area contributed by atoms with Gasteiger partial charge in [-0.1, -0.05) is 25.4 Å². The Morgan fingerprint density at radius 3 is 2.62 bits per heavy atom. The van der Waals surface area contributed by atoms with Crippen molar-refractivity contribution in [3.05, 3.63) is 52.6 Å². The number of carbonyl (C=O) groups excluding carboxylic acids is 1. The minimum Gasteiger partial charge on any atom is -0.342 e. The molecule has 5 heteroatoms. The molecule has 0 radical (unpaired) electrons. The second-order valence-corrected chi connectivity index (χ2v) is 5.99. The molecule has 0 bridgehead atoms. The molecule has 1 N–H and O–H groups in total. The average molecular weight is 306 g/mol. The summed E-state index contributed by atoms with van der Waals surface area (Å²) < 4.78 is 1.93. The van der Waals surface area contributed by atoms with Gasteiger partial charge in [-0.25, -0.2) is 4.98 Å². The van der Waals surface area contributed by atoms with E-state index in [-0.39, 0.29) is 17.9 Å². The molecule has 0 unspecified atom stereocenters. The van der Waals surface area contributed by atoms with Crippen molar-refractivity contribution < 1.29 is 4.79 Å². The normalized spacial score (nSPS) is 12.5. The van der Waals surface area contributed by atoms with Crippen molar-refractivity contribution >= 4 is 17.5 Å². The number of halogens is 1. The predicted molar refractivity (Wildman–Crippen MR) is 84.4 cm³/mol. The van der Waals surface area contributed by atoms with E-state index in [9.17, 15) is 4.79 Å². The molecule has 1 aromatic heterocycles. The van der Waals surface area contributed by atoms with Crippen LogP contribution in [0.15, 0.2) is 30.6 Å². The van der Waals surface area contributed by atoms with Crippen LogP contribution < -0.4 is 5.32 Å². The van der Waals surface area contributed by atoms with Crippen LogP contribution in [-0.2, 0) is 7.05 Å². The van der Waals surface area contributed by atoms with Gasteiger partial charge in [0.15, 0.2) is 0 Å². The lowest BCUT2D eigenvalue weighted by Gasteiger charge is -2.22. The quantitative estimate of drug-likeness (QED) is 0.939. The average Bonchev–Trinajstić information content (AvgIpc) is 2.81. The molecule has 0 aliphatic carbocycles. The Bertz CT molecular complexity index is 649. The Kier molecular flexibility index (Phi) is 4.68. The van der Waals surface area contributed by atoms with E-state index in [1.54, 1.807) is 24.4 Å². The summed E-state index contributed by atoms with van der Waals surface area (Å²) in [5.41, 5.74) is 1.50. The van der Waals surface area contributed by atoms with Gasteiger partial charge in [-0.15, -0.1) is 0 Å². The largest absolute Gasteiger partial charge is 0.342 e. The lowest BCUT2D eigenvalue weighted by Crippen LogP contribution is -2.33. The summed E-state index contributed by atoms with van der Waals surface area (Å²) in [6, 6.07) is 5.14. The summed E-state index contributed by atoms with van der Waals surface area (Å²) in [6.45, 7) is 6.01. The van der Waals surface area contributed by atoms with E-state index in [1.165, 1.54) is 0 Å². The lowest BCUT2D eigenvalue weighted by molar-refractivity contribution is 0.0922. The first-order valence-corrected chi connectivity index (χ1v) is 7.32. The second-order valence-electron chi connectivity index (χ2n) is 5.55. The molecule has 21 heavy (non-hydrogen) atoms. The summed E-state index contributed by atoms with van der Waals surface area (Å²) in [5, 5.41) is 3.70. The number of hydrogen-bond acceptors (Lipinski definition) is 2. The molecular weight excluding hydrogens is 286 g/mol. The molecule has 1 atom stereocenters. The highest BCUT2D eigenvalue weighted by Gasteiger charge is 2.23. The number of nitrogens with one attached hydrogen (secondary N) is 1. The number of carbonyl (C=O) groups is 1. The maximum Gasteiger partial charge on any atom is 0.252 e. The van der Waals surface area contributed by atoms with Gasteiger partial charge in [0.2, 0.25) is 0 Å². The number of hydrogen-bond donors (Lipinski definition) is 1. The molecule has 1 aromatic carbocycles. The number of aromatic nitrogens is 2. The van der Waals surface area contributed by atoms with Gasteiger partial charge in [0.25, 0.3) is 5.91 Å². The molecule has 112 valence electrons. The lowest BCUT2D eigenvalue weighted by atomic mass is 10.0. The Hall–Kier alpha value is -1.81. The first-order valence-electron chi connectivity index (χ1n) is 6.94. The van der Waals surface area contributed by atoms with Gasteiger partial charge < -0.3 is 9.88 Å². The minimum atomic E-state index is -0.132. The fraction of sp³-hybridized carbons (Fsp3) is 0.375. The molecule has 0 saturated carbocycles. The van der Waals surface area contributed by atoms with Gasteiger partial charge in [-0.3, -0.25) is 4.79 Å². The Morgan fingerprint density at radius 2 is 2.10 bits per heavy atom. The molecule has 2 aromatic rings. The number of nitrogens with zero attached hydrogens (tertiary/aromatic N) is 2. The first kappa shape index (κ1) is 15.6. The number of benzene rings is 1. The third kappa shape index (κ3) is 3.45. The standard InChI is InChI=1S/C16H20ClN3O/c1-10(2)14(15-18-7-8-20(15)4)19-16(21)13-6-5-12(17)9-11(13)3/h5-10,14H,1-4H3,(H,19,21)/t14-/m0/s1. The van der Waals surface area contributed by atoms with Crippen LogP contribution >= 0.6 is 11.6 Å². The van der Waals surface area contributed by atoms with Gasteiger partial charge in [-0.05, 0) is 36.6 Å². The molecule has 1 amide bonds. The molecule has 1 heterocycles. The van der Waals surface area contributed by atoms with E-state index in [2.05, 4.69) is 24.1 Å². The molecular formula is C16H20ClN3O. The SMILES string of the molecule is Cc1cc(Cl)ccc1C(=O)N[C@H](c1nccn1C)C(C)C. The fourth-order valence-electron chi connectivity index (χ4n) is 2.31. The van der Waals surface area contributed by atoms with Gasteiger partial charge in [0, 0.05) is 30.0 Å². The van der Waals surface area contributed by atoms with Crippen LogP contribution in [0.5, 0.6) is 0 Å². The summed E-state index contributed by atoms with van der Waals surface area (Å²) in [5.74, 6) is 0.985. The van der Waals surface area contributed by atoms with E-state index < -0.39 is 0 Å². The summed E-state index contributed by atoms with van der Waals surface area (Å²) >= 11 is 5.93. The Labute approximate surface area is 130 Å². The molecule has 2 rings (SSSR count). The number of aryl methyl sites for hydroxylation is 2. The highest BCUT2D eigenvalue weighted by molar-refractivity contribution is 6.30. The summed E-state index contributed by atoms with van der Waals surface area (Å²) in [6.07, 6.45) is 3.62. The zero-order chi connectivity index (χ0) is 15.6. The highest BCUT2D eigenvalue weighted by atomic mass is 35.5. The van der Waals surface area contributed by atoms with Crippen LogP contribution in [0.3, 0.4) is 0 Å². The van der Waals surface area contributed by atoms with Crippen molar-refractivity contribution in [1.82, 2.24) is 14.9 Å². The van der Waals surface area contributed by atoms with Gasteiger partial charge in [-0.2, -0.15) is 0 Å². The summed E-state index contributed by atoms with van der Waals surface area (Å²) in [7, 11) is 1.93. The van der Waals surface area contributed by atoms with Crippen LogP contribution in [0, 0.1) is 12.8 Å². The molecule has 0 aliphatic heterocycles. The van der Waals surface area contributed by atoms with E-state index >= 15 is 0 Å². The highest BCUT2D eigenvalue weighted by Crippen LogP contribution is 2.21. The molecule has 0 aliphatic rings. The smallest absolute Gasteiger partial charge is 0.252 e. The van der Waals surface area contributed by atoms with Gasteiger partial charge in [0.1, 0.15) is 5.82 Å². The molecule has 0 fully saturated rings. The Morgan fingerprint density at radius 1 is 1.38 bits per heavy atom. The van der Waals surface area contributed by atoms with Gasteiger partial charge >= 0.3 is 0 Å². The van der Waals surface area contributed by atoms with Crippen LogP contribution in [0.25, 0.3) is 0 Å².